The second-order valence-electron chi connectivity index (χ2n) is 3.26. The highest BCUT2D eigenvalue weighted by Crippen LogP contribution is 2.30. The predicted molar refractivity (Wildman–Crippen MR) is 41.6 cm³/mol. The van der Waals surface area contributed by atoms with Gasteiger partial charge < -0.3 is 4.74 Å². The highest BCUT2D eigenvalue weighted by molar-refractivity contribution is 5.11. The summed E-state index contributed by atoms with van der Waals surface area (Å²) in [5, 5.41) is 0. The molecule has 10 heavy (non-hydrogen) atoms. The van der Waals surface area contributed by atoms with Gasteiger partial charge in [0, 0.05) is 0 Å². The molecular formula is C9H14O. The van der Waals surface area contributed by atoms with Crippen LogP contribution >= 0.6 is 0 Å². The molecule has 0 amide bonds. The fourth-order valence-corrected chi connectivity index (χ4v) is 1.47. The summed E-state index contributed by atoms with van der Waals surface area (Å²) in [6.45, 7) is 6.94. The molecule has 0 aromatic heterocycles. The second kappa shape index (κ2) is 2.64. The first-order chi connectivity index (χ1) is 4.66. The molecule has 1 aliphatic heterocycles. The average Bonchev–Trinajstić information content (AvgIpc) is 2.12. The van der Waals surface area contributed by atoms with E-state index in [1.54, 1.807) is 0 Å². The van der Waals surface area contributed by atoms with Gasteiger partial charge in [0.25, 0.3) is 0 Å². The maximum Gasteiger partial charge on any atom is 0.0634 e. The van der Waals surface area contributed by atoms with Crippen LogP contribution in [0.5, 0.6) is 0 Å². The minimum absolute atomic E-state index is 0.133. The van der Waals surface area contributed by atoms with Gasteiger partial charge in [-0.25, -0.2) is 0 Å². The van der Waals surface area contributed by atoms with Crippen LogP contribution in [0.2, 0.25) is 0 Å². The van der Waals surface area contributed by atoms with E-state index in [2.05, 4.69) is 25.7 Å². The smallest absolute Gasteiger partial charge is 0.0634 e. The van der Waals surface area contributed by atoms with E-state index in [0.29, 0.717) is 6.10 Å². The van der Waals surface area contributed by atoms with Gasteiger partial charge in [0.05, 0.1) is 18.1 Å². The van der Waals surface area contributed by atoms with Gasteiger partial charge in [0.2, 0.25) is 0 Å². The van der Waals surface area contributed by atoms with E-state index < -0.39 is 0 Å². The van der Waals surface area contributed by atoms with Crippen LogP contribution in [0.3, 0.4) is 0 Å². The summed E-state index contributed by atoms with van der Waals surface area (Å²) >= 11 is 0. The molecule has 0 N–H and O–H groups in total. The van der Waals surface area contributed by atoms with Gasteiger partial charge in [-0.3, -0.25) is 0 Å². The SMILES string of the molecule is CC#CC1(C)COC(C)C1. The molecule has 0 bridgehead atoms. The Morgan fingerprint density at radius 1 is 1.60 bits per heavy atom. The molecule has 0 aromatic carbocycles. The molecule has 56 valence electrons. The largest absolute Gasteiger partial charge is 0.377 e. The Morgan fingerprint density at radius 3 is 2.70 bits per heavy atom. The lowest BCUT2D eigenvalue weighted by atomic mass is 9.89. The summed E-state index contributed by atoms with van der Waals surface area (Å²) in [5.41, 5.74) is 0.133. The Hall–Kier alpha value is -0.480. The molecule has 0 radical (unpaired) electrons. The minimum atomic E-state index is 0.133. The maximum absolute atomic E-state index is 5.42. The summed E-state index contributed by atoms with van der Waals surface area (Å²) < 4.78 is 5.42. The molecule has 0 aromatic rings. The van der Waals surface area contributed by atoms with E-state index in [9.17, 15) is 0 Å². The van der Waals surface area contributed by atoms with Crippen LogP contribution in [0, 0.1) is 17.3 Å². The molecule has 0 spiro atoms. The Labute approximate surface area is 62.8 Å². The van der Waals surface area contributed by atoms with Crippen LogP contribution in [0.25, 0.3) is 0 Å². The van der Waals surface area contributed by atoms with Crippen molar-refractivity contribution in [3.05, 3.63) is 0 Å². The van der Waals surface area contributed by atoms with Crippen molar-refractivity contribution in [3.63, 3.8) is 0 Å². The fourth-order valence-electron chi connectivity index (χ4n) is 1.47. The third-order valence-electron chi connectivity index (χ3n) is 1.85. The van der Waals surface area contributed by atoms with Crippen molar-refractivity contribution in [3.8, 4) is 11.8 Å². The minimum Gasteiger partial charge on any atom is -0.377 e. The first-order valence-corrected chi connectivity index (χ1v) is 3.72. The van der Waals surface area contributed by atoms with E-state index in [-0.39, 0.29) is 5.41 Å². The molecule has 0 saturated carbocycles. The van der Waals surface area contributed by atoms with E-state index in [1.807, 2.05) is 6.92 Å². The molecule has 1 nitrogen and oxygen atoms in total. The first kappa shape index (κ1) is 7.63. The van der Waals surface area contributed by atoms with Crippen molar-refractivity contribution in [2.24, 2.45) is 5.41 Å². The zero-order valence-electron chi connectivity index (χ0n) is 6.90. The zero-order chi connectivity index (χ0) is 7.61. The molecule has 1 heteroatoms. The lowest BCUT2D eigenvalue weighted by Crippen LogP contribution is -2.12. The standard InChI is InChI=1S/C9H14O/c1-4-5-9(3)6-8(2)10-7-9/h8H,6-7H2,1-3H3. The first-order valence-electron chi connectivity index (χ1n) is 3.72. The zero-order valence-corrected chi connectivity index (χ0v) is 6.90. The summed E-state index contributed by atoms with van der Waals surface area (Å²) in [5.74, 6) is 6.12. The van der Waals surface area contributed by atoms with Gasteiger partial charge in [0.1, 0.15) is 0 Å². The molecule has 1 fully saturated rings. The van der Waals surface area contributed by atoms with Crippen molar-refractivity contribution in [2.75, 3.05) is 6.61 Å². The topological polar surface area (TPSA) is 9.23 Å². The fraction of sp³-hybridized carbons (Fsp3) is 0.778. The van der Waals surface area contributed by atoms with Gasteiger partial charge in [-0.15, -0.1) is 5.92 Å². The van der Waals surface area contributed by atoms with Crippen LogP contribution in [0.4, 0.5) is 0 Å². The molecule has 1 aliphatic rings. The average molecular weight is 138 g/mol. The van der Waals surface area contributed by atoms with Crippen molar-refractivity contribution in [2.45, 2.75) is 33.3 Å². The normalized spacial score (nSPS) is 38.9. The molecule has 2 unspecified atom stereocenters. The van der Waals surface area contributed by atoms with Gasteiger partial charge >= 0.3 is 0 Å². The summed E-state index contributed by atoms with van der Waals surface area (Å²) in [6, 6.07) is 0. The molecule has 2 atom stereocenters. The van der Waals surface area contributed by atoms with E-state index in [0.717, 1.165) is 13.0 Å². The Kier molecular flexibility index (Phi) is 2.01. The third kappa shape index (κ3) is 1.52. The van der Waals surface area contributed by atoms with Gasteiger partial charge in [-0.2, -0.15) is 0 Å². The number of hydrogen-bond acceptors (Lipinski definition) is 1. The van der Waals surface area contributed by atoms with Crippen LogP contribution in [-0.2, 0) is 4.74 Å². The van der Waals surface area contributed by atoms with Gasteiger partial charge in [0.15, 0.2) is 0 Å². The van der Waals surface area contributed by atoms with E-state index >= 15 is 0 Å². The Bertz CT molecular complexity index is 175. The number of hydrogen-bond donors (Lipinski definition) is 0. The summed E-state index contributed by atoms with van der Waals surface area (Å²) in [4.78, 5) is 0. The highest BCUT2D eigenvalue weighted by Gasteiger charge is 2.31. The van der Waals surface area contributed by atoms with Gasteiger partial charge in [-0.05, 0) is 27.2 Å². The van der Waals surface area contributed by atoms with Crippen molar-refractivity contribution in [1.29, 1.82) is 0 Å². The molecular weight excluding hydrogens is 124 g/mol. The molecule has 1 rings (SSSR count). The van der Waals surface area contributed by atoms with Crippen LogP contribution in [-0.4, -0.2) is 12.7 Å². The van der Waals surface area contributed by atoms with Gasteiger partial charge in [-0.1, -0.05) is 5.92 Å². The Morgan fingerprint density at radius 2 is 2.30 bits per heavy atom. The van der Waals surface area contributed by atoms with E-state index in [4.69, 9.17) is 4.74 Å². The quantitative estimate of drug-likeness (QED) is 0.464. The molecule has 1 saturated heterocycles. The van der Waals surface area contributed by atoms with Crippen molar-refractivity contribution < 1.29 is 4.74 Å². The van der Waals surface area contributed by atoms with Crippen molar-refractivity contribution >= 4 is 0 Å². The highest BCUT2D eigenvalue weighted by atomic mass is 16.5. The Balaban J connectivity index is 2.60. The summed E-state index contributed by atoms with van der Waals surface area (Å²) in [6.07, 6.45) is 1.47. The monoisotopic (exact) mass is 138 g/mol. The van der Waals surface area contributed by atoms with Crippen LogP contribution < -0.4 is 0 Å². The molecule has 1 heterocycles. The lowest BCUT2D eigenvalue weighted by Gasteiger charge is -2.11. The summed E-state index contributed by atoms with van der Waals surface area (Å²) in [7, 11) is 0. The van der Waals surface area contributed by atoms with Crippen LogP contribution in [0.15, 0.2) is 0 Å². The number of rotatable bonds is 0. The second-order valence-corrected chi connectivity index (χ2v) is 3.26. The maximum atomic E-state index is 5.42. The number of ether oxygens (including phenoxy) is 1. The predicted octanol–water partition coefficient (Wildman–Crippen LogP) is 1.82. The van der Waals surface area contributed by atoms with E-state index in [1.165, 1.54) is 0 Å². The van der Waals surface area contributed by atoms with Crippen LogP contribution in [0.1, 0.15) is 27.2 Å². The molecule has 0 aliphatic carbocycles. The van der Waals surface area contributed by atoms with Crippen molar-refractivity contribution in [1.82, 2.24) is 0 Å². The lowest BCUT2D eigenvalue weighted by molar-refractivity contribution is 0.116. The third-order valence-corrected chi connectivity index (χ3v) is 1.85.